The molecule has 1 rings (SSSR count). The van der Waals surface area contributed by atoms with Crippen molar-refractivity contribution < 1.29 is 27.5 Å². The maximum absolute atomic E-state index is 13.2. The standard InChI is InChI=1S/C9H10F4N4O2/c10-4-1-6(9(11,12)13)5(3-18)7(2-4)17(15)8(19)16-14/h1-2,18H,3,14-15H2,(H,16,19). The lowest BCUT2D eigenvalue weighted by Gasteiger charge is -2.21. The highest BCUT2D eigenvalue weighted by Gasteiger charge is 2.36. The third-order valence-electron chi connectivity index (χ3n) is 2.26. The first kappa shape index (κ1) is 15.1. The second-order valence-corrected chi connectivity index (χ2v) is 3.43. The first-order valence-corrected chi connectivity index (χ1v) is 4.78. The van der Waals surface area contributed by atoms with Crippen LogP contribution < -0.4 is 22.1 Å². The molecule has 0 spiro atoms. The van der Waals surface area contributed by atoms with Gasteiger partial charge in [0.05, 0.1) is 17.9 Å². The fourth-order valence-corrected chi connectivity index (χ4v) is 1.44. The van der Waals surface area contributed by atoms with Crippen molar-refractivity contribution in [1.29, 1.82) is 0 Å². The van der Waals surface area contributed by atoms with Crippen LogP contribution in [0.25, 0.3) is 0 Å². The number of alkyl halides is 3. The van der Waals surface area contributed by atoms with Crippen LogP contribution in [0.2, 0.25) is 0 Å². The lowest BCUT2D eigenvalue weighted by Crippen LogP contribution is -2.48. The number of carbonyl (C=O) groups is 1. The van der Waals surface area contributed by atoms with E-state index < -0.39 is 41.4 Å². The number of anilines is 1. The Balaban J connectivity index is 3.48. The molecule has 106 valence electrons. The molecule has 0 fully saturated rings. The molecular formula is C9H10F4N4O2. The Morgan fingerprint density at radius 1 is 1.42 bits per heavy atom. The monoisotopic (exact) mass is 282 g/mol. The smallest absolute Gasteiger partial charge is 0.392 e. The van der Waals surface area contributed by atoms with Crippen LogP contribution in [-0.4, -0.2) is 11.1 Å². The molecule has 0 atom stereocenters. The van der Waals surface area contributed by atoms with E-state index in [4.69, 9.17) is 16.8 Å². The number of carbonyl (C=O) groups excluding carboxylic acids is 1. The minimum absolute atomic E-state index is 0.171. The van der Waals surface area contributed by atoms with Gasteiger partial charge in [-0.1, -0.05) is 0 Å². The summed E-state index contributed by atoms with van der Waals surface area (Å²) in [6.45, 7) is -1.09. The number of halogens is 4. The molecule has 19 heavy (non-hydrogen) atoms. The summed E-state index contributed by atoms with van der Waals surface area (Å²) in [6.07, 6.45) is -4.91. The van der Waals surface area contributed by atoms with Crippen LogP contribution in [0.3, 0.4) is 0 Å². The molecule has 1 aromatic carbocycles. The second-order valence-electron chi connectivity index (χ2n) is 3.43. The van der Waals surface area contributed by atoms with Gasteiger partial charge in [-0.15, -0.1) is 0 Å². The first-order valence-electron chi connectivity index (χ1n) is 4.78. The highest BCUT2D eigenvalue weighted by Crippen LogP contribution is 2.36. The largest absolute Gasteiger partial charge is 0.416 e. The lowest BCUT2D eigenvalue weighted by molar-refractivity contribution is -0.138. The molecule has 0 aliphatic rings. The Bertz CT molecular complexity index is 492. The Morgan fingerprint density at radius 3 is 2.42 bits per heavy atom. The van der Waals surface area contributed by atoms with Crippen LogP contribution in [0.15, 0.2) is 12.1 Å². The van der Waals surface area contributed by atoms with Gasteiger partial charge in [0, 0.05) is 5.56 Å². The van der Waals surface area contributed by atoms with Crippen LogP contribution >= 0.6 is 0 Å². The number of nitrogens with zero attached hydrogens (tertiary/aromatic N) is 1. The van der Waals surface area contributed by atoms with Crippen molar-refractivity contribution in [2.45, 2.75) is 12.8 Å². The zero-order chi connectivity index (χ0) is 14.8. The molecule has 0 radical (unpaired) electrons. The number of aliphatic hydroxyl groups excluding tert-OH is 1. The van der Waals surface area contributed by atoms with E-state index in [1.54, 1.807) is 5.43 Å². The fraction of sp³-hybridized carbons (Fsp3) is 0.222. The zero-order valence-corrected chi connectivity index (χ0v) is 9.33. The van der Waals surface area contributed by atoms with Crippen molar-refractivity contribution in [3.63, 3.8) is 0 Å². The predicted octanol–water partition coefficient (Wildman–Crippen LogP) is 0.600. The van der Waals surface area contributed by atoms with Gasteiger partial charge < -0.3 is 5.11 Å². The van der Waals surface area contributed by atoms with Gasteiger partial charge in [-0.3, -0.25) is 5.43 Å². The zero-order valence-electron chi connectivity index (χ0n) is 9.33. The number of aliphatic hydroxyl groups is 1. The third kappa shape index (κ3) is 3.10. The molecule has 0 saturated carbocycles. The Labute approximate surface area is 104 Å². The highest BCUT2D eigenvalue weighted by molar-refractivity contribution is 5.91. The van der Waals surface area contributed by atoms with E-state index in [1.165, 1.54) is 0 Å². The average molecular weight is 282 g/mol. The molecule has 6 nitrogen and oxygen atoms in total. The number of rotatable bonds is 2. The molecule has 0 aromatic heterocycles. The number of urea groups is 1. The number of hydrogen-bond acceptors (Lipinski definition) is 4. The van der Waals surface area contributed by atoms with Gasteiger partial charge in [0.15, 0.2) is 0 Å². The van der Waals surface area contributed by atoms with E-state index in [1.807, 2.05) is 0 Å². The maximum atomic E-state index is 13.2. The van der Waals surface area contributed by atoms with Crippen LogP contribution in [0.1, 0.15) is 11.1 Å². The van der Waals surface area contributed by atoms with Crippen molar-refractivity contribution in [3.05, 3.63) is 29.1 Å². The molecule has 2 amide bonds. The van der Waals surface area contributed by atoms with Crippen LogP contribution in [0, 0.1) is 5.82 Å². The lowest BCUT2D eigenvalue weighted by atomic mass is 10.0. The summed E-state index contributed by atoms with van der Waals surface area (Å²) in [5.74, 6) is 8.70. The van der Waals surface area contributed by atoms with Gasteiger partial charge in [-0.25, -0.2) is 25.9 Å². The predicted molar refractivity (Wildman–Crippen MR) is 56.7 cm³/mol. The molecule has 0 aliphatic heterocycles. The van der Waals surface area contributed by atoms with Crippen molar-refractivity contribution >= 4 is 11.7 Å². The van der Waals surface area contributed by atoms with Crippen LogP contribution in [0.4, 0.5) is 28.0 Å². The quantitative estimate of drug-likeness (QED) is 0.276. The maximum Gasteiger partial charge on any atom is 0.416 e. The molecule has 1 aromatic rings. The number of nitrogens with two attached hydrogens (primary N) is 2. The normalized spacial score (nSPS) is 11.3. The average Bonchev–Trinajstić information content (AvgIpc) is 2.34. The summed E-state index contributed by atoms with van der Waals surface area (Å²) < 4.78 is 51.2. The molecule has 0 unspecified atom stereocenters. The fourth-order valence-electron chi connectivity index (χ4n) is 1.44. The van der Waals surface area contributed by atoms with Gasteiger partial charge in [0.2, 0.25) is 0 Å². The summed E-state index contributed by atoms with van der Waals surface area (Å²) in [7, 11) is 0. The Kier molecular flexibility index (Phi) is 4.29. The number of amides is 2. The van der Waals surface area contributed by atoms with Crippen molar-refractivity contribution in [1.82, 2.24) is 5.43 Å². The van der Waals surface area contributed by atoms with Crippen molar-refractivity contribution in [3.8, 4) is 0 Å². The summed E-state index contributed by atoms with van der Waals surface area (Å²) >= 11 is 0. The number of nitrogens with one attached hydrogen (secondary N) is 1. The van der Waals surface area contributed by atoms with E-state index in [0.717, 1.165) is 0 Å². The van der Waals surface area contributed by atoms with E-state index in [2.05, 4.69) is 0 Å². The van der Waals surface area contributed by atoms with E-state index in [-0.39, 0.29) is 11.1 Å². The van der Waals surface area contributed by atoms with Gasteiger partial charge in [0.1, 0.15) is 5.82 Å². The SMILES string of the molecule is NNC(=O)N(N)c1cc(F)cc(C(F)(F)F)c1CO. The van der Waals surface area contributed by atoms with Crippen LogP contribution in [0.5, 0.6) is 0 Å². The van der Waals surface area contributed by atoms with Crippen molar-refractivity contribution in [2.75, 3.05) is 5.01 Å². The number of benzene rings is 1. The topological polar surface area (TPSA) is 105 Å². The molecule has 0 saturated heterocycles. The van der Waals surface area contributed by atoms with Crippen molar-refractivity contribution in [2.24, 2.45) is 11.7 Å². The Morgan fingerprint density at radius 2 is 2.00 bits per heavy atom. The number of hydrazine groups is 2. The first-order chi connectivity index (χ1) is 8.72. The minimum atomic E-state index is -4.91. The van der Waals surface area contributed by atoms with Gasteiger partial charge in [-0.2, -0.15) is 13.2 Å². The van der Waals surface area contributed by atoms with Gasteiger partial charge in [-0.05, 0) is 12.1 Å². The highest BCUT2D eigenvalue weighted by atomic mass is 19.4. The van der Waals surface area contributed by atoms with Gasteiger partial charge >= 0.3 is 12.2 Å². The van der Waals surface area contributed by atoms with Crippen LogP contribution in [-0.2, 0) is 12.8 Å². The summed E-state index contributed by atoms with van der Waals surface area (Å²) in [5.41, 5.74) is -1.23. The summed E-state index contributed by atoms with van der Waals surface area (Å²) in [4.78, 5) is 11.1. The molecule has 0 bridgehead atoms. The molecule has 0 aliphatic carbocycles. The summed E-state index contributed by atoms with van der Waals surface area (Å²) in [6, 6.07) is -0.396. The molecule has 0 heterocycles. The molecule has 10 heteroatoms. The van der Waals surface area contributed by atoms with E-state index in [0.29, 0.717) is 6.07 Å². The van der Waals surface area contributed by atoms with Gasteiger partial charge in [0.25, 0.3) is 0 Å². The Hall–Kier alpha value is -1.91. The number of hydrogen-bond donors (Lipinski definition) is 4. The summed E-state index contributed by atoms with van der Waals surface area (Å²) in [5, 5.41) is 9.16. The minimum Gasteiger partial charge on any atom is -0.392 e. The molecular weight excluding hydrogens is 272 g/mol. The van der Waals surface area contributed by atoms with E-state index >= 15 is 0 Å². The third-order valence-corrected chi connectivity index (χ3v) is 2.26. The van der Waals surface area contributed by atoms with E-state index in [9.17, 15) is 22.4 Å². The molecule has 6 N–H and O–H groups in total. The second kappa shape index (κ2) is 5.38.